The highest BCUT2D eigenvalue weighted by Gasteiger charge is 2.19. The minimum absolute atomic E-state index is 1.06. The van der Waals surface area contributed by atoms with Crippen LogP contribution in [0.3, 0.4) is 0 Å². The van der Waals surface area contributed by atoms with Crippen molar-refractivity contribution in [3.05, 3.63) is 109 Å². The number of thiophene rings is 2. The van der Waals surface area contributed by atoms with Crippen LogP contribution in [0, 0.1) is 0 Å². The summed E-state index contributed by atoms with van der Waals surface area (Å²) < 4.78 is 6.17. The van der Waals surface area contributed by atoms with Gasteiger partial charge in [-0.2, -0.15) is 0 Å². The molecule has 3 heterocycles. The maximum Gasteiger partial charge on any atom is 0.100 e. The lowest BCUT2D eigenvalue weighted by molar-refractivity contribution is 1.09. The molecule has 164 valence electrons. The molecule has 0 saturated heterocycles. The number of benzene rings is 5. The largest absolute Gasteiger partial charge is 0.299 e. The van der Waals surface area contributed by atoms with Crippen molar-refractivity contribution in [1.82, 2.24) is 9.55 Å². The molecule has 4 heteroatoms. The van der Waals surface area contributed by atoms with Crippen LogP contribution in [0.25, 0.3) is 68.9 Å². The van der Waals surface area contributed by atoms with Crippen molar-refractivity contribution in [2.75, 3.05) is 0 Å². The monoisotopic (exact) mass is 482 g/mol. The molecule has 0 aliphatic carbocycles. The van der Waals surface area contributed by atoms with Gasteiger partial charge in [0, 0.05) is 46.9 Å². The molecule has 3 aromatic heterocycles. The Morgan fingerprint density at radius 3 is 2.26 bits per heavy atom. The molecule has 0 aliphatic rings. The van der Waals surface area contributed by atoms with E-state index in [1.54, 1.807) is 0 Å². The van der Waals surface area contributed by atoms with Gasteiger partial charge in [-0.05, 0) is 46.7 Å². The number of imidazole rings is 1. The second-order valence-corrected chi connectivity index (χ2v) is 10.8. The minimum atomic E-state index is 1.06. The second kappa shape index (κ2) is 7.25. The average molecular weight is 483 g/mol. The second-order valence-electron chi connectivity index (χ2n) is 8.85. The molecule has 0 N–H and O–H groups in total. The Morgan fingerprint density at radius 1 is 0.629 bits per heavy atom. The summed E-state index contributed by atoms with van der Waals surface area (Å²) in [6, 6.07) is 34.9. The fourth-order valence-electron chi connectivity index (χ4n) is 5.35. The molecule has 0 amide bonds. The van der Waals surface area contributed by atoms with Gasteiger partial charge in [0.2, 0.25) is 0 Å². The Hall–Kier alpha value is -3.99. The topological polar surface area (TPSA) is 17.8 Å². The Balaban J connectivity index is 1.59. The summed E-state index contributed by atoms with van der Waals surface area (Å²) in [6.07, 6.45) is 1.97. The zero-order chi connectivity index (χ0) is 22.9. The third-order valence-electron chi connectivity index (χ3n) is 6.96. The summed E-state index contributed by atoms with van der Waals surface area (Å²) in [4.78, 5) is 5.00. The lowest BCUT2D eigenvalue weighted by atomic mass is 9.95. The van der Waals surface area contributed by atoms with Crippen molar-refractivity contribution in [2.45, 2.75) is 0 Å². The van der Waals surface area contributed by atoms with E-state index in [4.69, 9.17) is 4.98 Å². The quantitative estimate of drug-likeness (QED) is 0.240. The molecule has 0 unspecified atom stereocenters. The molecule has 0 radical (unpaired) electrons. The Kier molecular flexibility index (Phi) is 4.01. The SMILES string of the molecule is c1ccc(-n2cnc3c4c(ccc5c6ccccc6sc54)c(-c4csc5ccccc45)cc32)cc1. The van der Waals surface area contributed by atoms with Crippen molar-refractivity contribution < 1.29 is 0 Å². The summed E-state index contributed by atoms with van der Waals surface area (Å²) in [5, 5.41) is 8.75. The summed E-state index contributed by atoms with van der Waals surface area (Å²) in [6.45, 7) is 0. The van der Waals surface area contributed by atoms with Gasteiger partial charge >= 0.3 is 0 Å². The molecule has 0 atom stereocenters. The minimum Gasteiger partial charge on any atom is -0.299 e. The first-order valence-electron chi connectivity index (χ1n) is 11.6. The molecule has 8 aromatic rings. The lowest BCUT2D eigenvalue weighted by Crippen LogP contribution is -1.92. The maximum atomic E-state index is 5.00. The number of para-hydroxylation sites is 1. The Labute approximate surface area is 209 Å². The molecule has 0 bridgehead atoms. The van der Waals surface area contributed by atoms with Crippen LogP contribution < -0.4 is 0 Å². The molecule has 0 aliphatic heterocycles. The van der Waals surface area contributed by atoms with Gasteiger partial charge in [-0.15, -0.1) is 22.7 Å². The number of hydrogen-bond acceptors (Lipinski definition) is 3. The molecule has 5 aromatic carbocycles. The van der Waals surface area contributed by atoms with Crippen LogP contribution in [0.15, 0.2) is 109 Å². The molecular formula is C31H18N2S2. The zero-order valence-corrected chi connectivity index (χ0v) is 20.2. The van der Waals surface area contributed by atoms with Crippen LogP contribution in [-0.2, 0) is 0 Å². The lowest BCUT2D eigenvalue weighted by Gasteiger charge is -2.11. The van der Waals surface area contributed by atoms with Crippen LogP contribution in [-0.4, -0.2) is 9.55 Å². The van der Waals surface area contributed by atoms with Gasteiger partial charge in [0.25, 0.3) is 0 Å². The van der Waals surface area contributed by atoms with E-state index in [9.17, 15) is 0 Å². The van der Waals surface area contributed by atoms with E-state index in [0.717, 1.165) is 16.7 Å². The molecule has 2 nitrogen and oxygen atoms in total. The van der Waals surface area contributed by atoms with Crippen LogP contribution >= 0.6 is 22.7 Å². The molecule has 35 heavy (non-hydrogen) atoms. The Morgan fingerprint density at radius 2 is 1.37 bits per heavy atom. The van der Waals surface area contributed by atoms with E-state index < -0.39 is 0 Å². The fraction of sp³-hybridized carbons (Fsp3) is 0. The first-order chi connectivity index (χ1) is 17.4. The normalized spacial score (nSPS) is 12.0. The van der Waals surface area contributed by atoms with Gasteiger partial charge in [-0.25, -0.2) is 4.98 Å². The van der Waals surface area contributed by atoms with Crippen molar-refractivity contribution in [3.8, 4) is 16.8 Å². The first kappa shape index (κ1) is 19.3. The van der Waals surface area contributed by atoms with E-state index in [1.807, 2.05) is 29.0 Å². The third-order valence-corrected chi connectivity index (χ3v) is 9.13. The number of rotatable bonds is 2. The molecular weight excluding hydrogens is 464 g/mol. The Bertz CT molecular complexity index is 2060. The zero-order valence-electron chi connectivity index (χ0n) is 18.6. The maximum absolute atomic E-state index is 5.00. The van der Waals surface area contributed by atoms with Crippen LogP contribution in [0.1, 0.15) is 0 Å². The summed E-state index contributed by atoms with van der Waals surface area (Å²) in [5.41, 5.74) is 5.88. The molecule has 0 saturated carbocycles. The summed E-state index contributed by atoms with van der Waals surface area (Å²) in [7, 11) is 0. The van der Waals surface area contributed by atoms with Gasteiger partial charge in [0.05, 0.1) is 11.0 Å². The van der Waals surface area contributed by atoms with Gasteiger partial charge in [-0.3, -0.25) is 4.57 Å². The number of fused-ring (bicyclic) bond motifs is 8. The highest BCUT2D eigenvalue weighted by molar-refractivity contribution is 7.26. The van der Waals surface area contributed by atoms with Crippen LogP contribution in [0.5, 0.6) is 0 Å². The smallest absolute Gasteiger partial charge is 0.100 e. The number of nitrogens with zero attached hydrogens (tertiary/aromatic N) is 2. The van der Waals surface area contributed by atoms with E-state index >= 15 is 0 Å². The van der Waals surface area contributed by atoms with Crippen LogP contribution in [0.2, 0.25) is 0 Å². The predicted octanol–water partition coefficient (Wildman–Crippen LogP) is 9.43. The van der Waals surface area contributed by atoms with Gasteiger partial charge in [0.1, 0.15) is 6.33 Å². The van der Waals surface area contributed by atoms with Crippen molar-refractivity contribution in [2.24, 2.45) is 0 Å². The number of aromatic nitrogens is 2. The van der Waals surface area contributed by atoms with E-state index in [1.165, 1.54) is 52.2 Å². The first-order valence-corrected chi connectivity index (χ1v) is 13.3. The van der Waals surface area contributed by atoms with E-state index in [0.29, 0.717) is 0 Å². The van der Waals surface area contributed by atoms with Crippen molar-refractivity contribution in [1.29, 1.82) is 0 Å². The van der Waals surface area contributed by atoms with Gasteiger partial charge < -0.3 is 0 Å². The average Bonchev–Trinajstić information content (AvgIpc) is 3.63. The standard InChI is InChI=1S/C31H18N2S2/c1-2-8-19(9-3-1)33-18-32-30-26(33)16-24(25-17-34-27-12-6-4-11-21(25)27)22-14-15-23-20-10-5-7-13-28(20)35-31(23)29(22)30/h1-18H. The summed E-state index contributed by atoms with van der Waals surface area (Å²) >= 11 is 3.69. The molecule has 8 rings (SSSR count). The van der Waals surface area contributed by atoms with Gasteiger partial charge in [0.15, 0.2) is 0 Å². The van der Waals surface area contributed by atoms with Crippen molar-refractivity contribution in [3.63, 3.8) is 0 Å². The van der Waals surface area contributed by atoms with Gasteiger partial charge in [-0.1, -0.05) is 66.7 Å². The third kappa shape index (κ3) is 2.72. The van der Waals surface area contributed by atoms with E-state index in [2.05, 4.69) is 107 Å². The van der Waals surface area contributed by atoms with Crippen LogP contribution in [0.4, 0.5) is 0 Å². The number of hydrogen-bond donors (Lipinski definition) is 0. The summed E-state index contributed by atoms with van der Waals surface area (Å²) in [5.74, 6) is 0. The predicted molar refractivity (Wildman–Crippen MR) is 152 cm³/mol. The highest BCUT2D eigenvalue weighted by atomic mass is 32.1. The molecule has 0 spiro atoms. The van der Waals surface area contributed by atoms with E-state index in [-0.39, 0.29) is 0 Å². The fourth-order valence-corrected chi connectivity index (χ4v) is 7.57. The highest BCUT2D eigenvalue weighted by Crippen LogP contribution is 2.46. The molecule has 0 fully saturated rings. The van der Waals surface area contributed by atoms with Crippen molar-refractivity contribution >= 4 is 74.7 Å².